The fraction of sp³-hybridized carbons (Fsp3) is 0.286. The average Bonchev–Trinajstić information content (AvgIpc) is 2.36. The van der Waals surface area contributed by atoms with Crippen LogP contribution < -0.4 is 0 Å². The third kappa shape index (κ3) is 1.78. The molecule has 0 saturated carbocycles. The molecule has 1 rings (SSSR count). The summed E-state index contributed by atoms with van der Waals surface area (Å²) in [4.78, 5) is 10.5. The van der Waals surface area contributed by atoms with E-state index in [-0.39, 0.29) is 6.61 Å². The molecule has 60 valence electrons. The lowest BCUT2D eigenvalue weighted by molar-refractivity contribution is 0.0696. The number of aliphatic hydroxyl groups is 1. The van der Waals surface area contributed by atoms with Gasteiger partial charge in [0.1, 0.15) is 0 Å². The molecule has 0 atom stereocenters. The second-order valence-electron chi connectivity index (χ2n) is 2.09. The van der Waals surface area contributed by atoms with Gasteiger partial charge in [0.2, 0.25) is 0 Å². The zero-order valence-corrected chi connectivity index (χ0v) is 6.60. The van der Waals surface area contributed by atoms with Crippen LogP contribution in [-0.4, -0.2) is 22.8 Å². The molecular weight excluding hydrogens is 164 g/mol. The fourth-order valence-electron chi connectivity index (χ4n) is 0.825. The summed E-state index contributed by atoms with van der Waals surface area (Å²) < 4.78 is 0. The van der Waals surface area contributed by atoms with E-state index in [2.05, 4.69) is 0 Å². The van der Waals surface area contributed by atoms with Crippen LogP contribution in [-0.2, 0) is 6.42 Å². The summed E-state index contributed by atoms with van der Waals surface area (Å²) in [5.41, 5.74) is 1.02. The van der Waals surface area contributed by atoms with E-state index < -0.39 is 5.97 Å². The van der Waals surface area contributed by atoms with Gasteiger partial charge in [0.05, 0.1) is 5.56 Å². The lowest BCUT2D eigenvalue weighted by atomic mass is 10.1. The Morgan fingerprint density at radius 3 is 2.82 bits per heavy atom. The van der Waals surface area contributed by atoms with Crippen molar-refractivity contribution < 1.29 is 15.0 Å². The Labute approximate surface area is 67.9 Å². The third-order valence-corrected chi connectivity index (χ3v) is 2.15. The number of carboxylic acids is 1. The molecule has 11 heavy (non-hydrogen) atoms. The molecule has 1 heterocycles. The maximum atomic E-state index is 10.5. The van der Waals surface area contributed by atoms with Gasteiger partial charge in [-0.25, -0.2) is 4.79 Å². The van der Waals surface area contributed by atoms with Gasteiger partial charge >= 0.3 is 5.97 Å². The van der Waals surface area contributed by atoms with Crippen molar-refractivity contribution in [3.63, 3.8) is 0 Å². The van der Waals surface area contributed by atoms with Crippen LogP contribution >= 0.6 is 11.3 Å². The quantitative estimate of drug-likeness (QED) is 0.714. The van der Waals surface area contributed by atoms with Gasteiger partial charge in [-0.3, -0.25) is 0 Å². The third-order valence-electron chi connectivity index (χ3n) is 1.35. The predicted molar refractivity (Wildman–Crippen MR) is 42.1 cm³/mol. The van der Waals surface area contributed by atoms with Crippen molar-refractivity contribution in [2.45, 2.75) is 6.42 Å². The standard InChI is InChI=1S/C7H8O3S/c8-2-1-5-3-11-4-6(5)7(9)10/h3-4,8H,1-2H2,(H,9,10). The van der Waals surface area contributed by atoms with Crippen molar-refractivity contribution in [1.29, 1.82) is 0 Å². The molecule has 0 aliphatic heterocycles. The second-order valence-corrected chi connectivity index (χ2v) is 2.83. The average molecular weight is 172 g/mol. The summed E-state index contributed by atoms with van der Waals surface area (Å²) in [7, 11) is 0. The van der Waals surface area contributed by atoms with Crippen LogP contribution in [0.1, 0.15) is 15.9 Å². The van der Waals surface area contributed by atoms with Crippen molar-refractivity contribution in [3.8, 4) is 0 Å². The lowest BCUT2D eigenvalue weighted by Crippen LogP contribution is -2.00. The zero-order valence-electron chi connectivity index (χ0n) is 5.78. The molecular formula is C7H8O3S. The molecule has 0 fully saturated rings. The molecule has 3 nitrogen and oxygen atoms in total. The molecule has 1 aromatic heterocycles. The van der Waals surface area contributed by atoms with Crippen molar-refractivity contribution in [1.82, 2.24) is 0 Å². The van der Waals surface area contributed by atoms with Gasteiger partial charge in [-0.05, 0) is 17.4 Å². The van der Waals surface area contributed by atoms with E-state index in [1.54, 1.807) is 10.8 Å². The van der Waals surface area contributed by atoms with E-state index in [0.717, 1.165) is 0 Å². The zero-order chi connectivity index (χ0) is 8.27. The van der Waals surface area contributed by atoms with Crippen molar-refractivity contribution in [3.05, 3.63) is 21.9 Å². The molecule has 0 unspecified atom stereocenters. The highest BCUT2D eigenvalue weighted by atomic mass is 32.1. The summed E-state index contributed by atoms with van der Waals surface area (Å²) in [5, 5.41) is 20.5. The van der Waals surface area contributed by atoms with Gasteiger partial charge in [0, 0.05) is 12.0 Å². The molecule has 0 aliphatic rings. The minimum absolute atomic E-state index is 0.00296. The topological polar surface area (TPSA) is 57.5 Å². The molecule has 0 aliphatic carbocycles. The Bertz CT molecular complexity index is 254. The Morgan fingerprint density at radius 1 is 1.55 bits per heavy atom. The van der Waals surface area contributed by atoms with Crippen LogP contribution in [0.15, 0.2) is 10.8 Å². The predicted octanol–water partition coefficient (Wildman–Crippen LogP) is 0.981. The Hall–Kier alpha value is -0.870. The smallest absolute Gasteiger partial charge is 0.336 e. The first-order chi connectivity index (χ1) is 5.25. The number of aliphatic hydroxyl groups excluding tert-OH is 1. The maximum absolute atomic E-state index is 10.5. The van der Waals surface area contributed by atoms with Crippen molar-refractivity contribution in [2.24, 2.45) is 0 Å². The van der Waals surface area contributed by atoms with Gasteiger partial charge in [0.25, 0.3) is 0 Å². The fourth-order valence-corrected chi connectivity index (χ4v) is 1.69. The van der Waals surface area contributed by atoms with E-state index in [9.17, 15) is 4.79 Å². The summed E-state index contributed by atoms with van der Waals surface area (Å²) in [6.07, 6.45) is 0.422. The highest BCUT2D eigenvalue weighted by Crippen LogP contribution is 2.15. The summed E-state index contributed by atoms with van der Waals surface area (Å²) in [5.74, 6) is -0.922. The number of carboxylic acid groups (broad SMARTS) is 1. The number of hydrogen-bond donors (Lipinski definition) is 2. The second kappa shape index (κ2) is 3.50. The number of rotatable bonds is 3. The van der Waals surface area contributed by atoms with Gasteiger partial charge in [0.15, 0.2) is 0 Å². The molecule has 0 saturated heterocycles. The maximum Gasteiger partial charge on any atom is 0.336 e. The molecule has 0 amide bonds. The van der Waals surface area contributed by atoms with E-state index >= 15 is 0 Å². The molecule has 0 spiro atoms. The molecule has 0 bridgehead atoms. The number of aromatic carboxylic acids is 1. The molecule has 4 heteroatoms. The highest BCUT2D eigenvalue weighted by molar-refractivity contribution is 7.08. The van der Waals surface area contributed by atoms with Crippen LogP contribution in [0.25, 0.3) is 0 Å². The number of thiophene rings is 1. The van der Waals surface area contributed by atoms with Crippen LogP contribution in [0.5, 0.6) is 0 Å². The molecule has 2 N–H and O–H groups in total. The minimum atomic E-state index is -0.922. The summed E-state index contributed by atoms with van der Waals surface area (Å²) >= 11 is 1.34. The molecule has 0 aromatic carbocycles. The normalized spacial score (nSPS) is 9.91. The van der Waals surface area contributed by atoms with E-state index in [0.29, 0.717) is 17.5 Å². The van der Waals surface area contributed by atoms with Crippen LogP contribution in [0.2, 0.25) is 0 Å². The van der Waals surface area contributed by atoms with Crippen molar-refractivity contribution >= 4 is 17.3 Å². The SMILES string of the molecule is O=C(O)c1cscc1CCO. The Balaban J connectivity index is 2.87. The summed E-state index contributed by atoms with van der Waals surface area (Å²) in [6, 6.07) is 0. The first kappa shape index (κ1) is 8.23. The minimum Gasteiger partial charge on any atom is -0.478 e. The van der Waals surface area contributed by atoms with Gasteiger partial charge in [-0.1, -0.05) is 0 Å². The van der Waals surface area contributed by atoms with Crippen LogP contribution in [0.3, 0.4) is 0 Å². The number of hydrogen-bond acceptors (Lipinski definition) is 3. The molecule has 1 aromatic rings. The van der Waals surface area contributed by atoms with Gasteiger partial charge in [-0.2, -0.15) is 11.3 Å². The van der Waals surface area contributed by atoms with E-state index in [1.165, 1.54) is 11.3 Å². The van der Waals surface area contributed by atoms with E-state index in [4.69, 9.17) is 10.2 Å². The summed E-state index contributed by atoms with van der Waals surface area (Å²) in [6.45, 7) is -0.00296. The first-order valence-electron chi connectivity index (χ1n) is 3.15. The van der Waals surface area contributed by atoms with Crippen molar-refractivity contribution in [2.75, 3.05) is 6.61 Å². The van der Waals surface area contributed by atoms with Crippen LogP contribution in [0, 0.1) is 0 Å². The van der Waals surface area contributed by atoms with E-state index in [1.807, 2.05) is 0 Å². The van der Waals surface area contributed by atoms with Gasteiger partial charge in [-0.15, -0.1) is 0 Å². The monoisotopic (exact) mass is 172 g/mol. The lowest BCUT2D eigenvalue weighted by Gasteiger charge is -1.94. The van der Waals surface area contributed by atoms with Gasteiger partial charge < -0.3 is 10.2 Å². The largest absolute Gasteiger partial charge is 0.478 e. The first-order valence-corrected chi connectivity index (χ1v) is 4.09. The van der Waals surface area contributed by atoms with Crippen LogP contribution in [0.4, 0.5) is 0 Å². The number of carbonyl (C=O) groups is 1. The molecule has 0 radical (unpaired) electrons. The highest BCUT2D eigenvalue weighted by Gasteiger charge is 2.09. The Kier molecular flexibility index (Phi) is 2.62. The Morgan fingerprint density at radius 2 is 2.27 bits per heavy atom.